The van der Waals surface area contributed by atoms with Crippen molar-refractivity contribution in [3.8, 4) is 0 Å². The second-order valence-electron chi connectivity index (χ2n) is 4.03. The molecule has 0 aromatic rings. The summed E-state index contributed by atoms with van der Waals surface area (Å²) in [6.07, 6.45) is 0.361. The maximum atomic E-state index is 11.3. The van der Waals surface area contributed by atoms with E-state index < -0.39 is 6.03 Å². The highest BCUT2D eigenvalue weighted by atomic mass is 16.2. The average molecular weight is 228 g/mol. The third-order valence-corrected chi connectivity index (χ3v) is 2.59. The molecule has 0 aromatic heterocycles. The van der Waals surface area contributed by atoms with E-state index in [-0.39, 0.29) is 5.91 Å². The molecule has 0 bridgehead atoms. The number of amides is 3. The molecule has 1 unspecified atom stereocenters. The Balaban J connectivity index is 2.18. The molecule has 1 fully saturated rings. The molecule has 0 saturated carbocycles. The minimum absolute atomic E-state index is 0.231. The first-order chi connectivity index (χ1) is 7.61. The monoisotopic (exact) mass is 228 g/mol. The highest BCUT2D eigenvalue weighted by Crippen LogP contribution is 1.99. The van der Waals surface area contributed by atoms with Crippen LogP contribution in [0.2, 0.25) is 0 Å². The maximum absolute atomic E-state index is 11.3. The van der Waals surface area contributed by atoms with E-state index in [1.807, 2.05) is 0 Å². The highest BCUT2D eigenvalue weighted by molar-refractivity contribution is 5.94. The van der Waals surface area contributed by atoms with Crippen LogP contribution in [-0.2, 0) is 4.79 Å². The zero-order chi connectivity index (χ0) is 12.0. The predicted molar refractivity (Wildman–Crippen MR) is 61.1 cm³/mol. The van der Waals surface area contributed by atoms with Crippen LogP contribution in [0.4, 0.5) is 4.79 Å². The van der Waals surface area contributed by atoms with Crippen molar-refractivity contribution in [2.24, 2.45) is 0 Å². The van der Waals surface area contributed by atoms with Crippen molar-refractivity contribution in [1.82, 2.24) is 20.9 Å². The lowest BCUT2D eigenvalue weighted by Gasteiger charge is -2.31. The molecular formula is C10H20N4O2. The van der Waals surface area contributed by atoms with Gasteiger partial charge in [0.05, 0.1) is 0 Å². The van der Waals surface area contributed by atoms with Crippen LogP contribution in [0.1, 0.15) is 13.3 Å². The van der Waals surface area contributed by atoms with Crippen molar-refractivity contribution < 1.29 is 9.59 Å². The van der Waals surface area contributed by atoms with Crippen LogP contribution >= 0.6 is 0 Å². The topological polar surface area (TPSA) is 73.5 Å². The van der Waals surface area contributed by atoms with Gasteiger partial charge < -0.3 is 15.5 Å². The Morgan fingerprint density at radius 3 is 2.88 bits per heavy atom. The first-order valence-electron chi connectivity index (χ1n) is 5.59. The molecule has 0 aromatic carbocycles. The van der Waals surface area contributed by atoms with Crippen molar-refractivity contribution in [3.63, 3.8) is 0 Å². The average Bonchev–Trinajstić information content (AvgIpc) is 2.26. The Labute approximate surface area is 95.8 Å². The van der Waals surface area contributed by atoms with Crippen molar-refractivity contribution in [2.45, 2.75) is 19.4 Å². The van der Waals surface area contributed by atoms with Crippen LogP contribution in [0.25, 0.3) is 0 Å². The summed E-state index contributed by atoms with van der Waals surface area (Å²) in [6.45, 7) is 5.69. The van der Waals surface area contributed by atoms with Gasteiger partial charge in [-0.3, -0.25) is 10.1 Å². The summed E-state index contributed by atoms with van der Waals surface area (Å²) in [6, 6.07) is 0.0226. The van der Waals surface area contributed by atoms with Crippen molar-refractivity contribution in [1.29, 1.82) is 0 Å². The summed E-state index contributed by atoms with van der Waals surface area (Å²) in [5.74, 6) is -0.231. The van der Waals surface area contributed by atoms with Gasteiger partial charge in [-0.15, -0.1) is 0 Å². The van der Waals surface area contributed by atoms with E-state index in [1.54, 1.807) is 0 Å². The van der Waals surface area contributed by atoms with E-state index in [1.165, 1.54) is 7.05 Å². The molecular weight excluding hydrogens is 208 g/mol. The van der Waals surface area contributed by atoms with E-state index in [2.05, 4.69) is 27.8 Å². The van der Waals surface area contributed by atoms with Gasteiger partial charge in [0.1, 0.15) is 0 Å². The number of urea groups is 1. The Bertz CT molecular complexity index is 257. The minimum atomic E-state index is -0.446. The lowest BCUT2D eigenvalue weighted by molar-refractivity contribution is -0.120. The molecule has 6 heteroatoms. The Morgan fingerprint density at radius 2 is 2.25 bits per heavy atom. The SMILES string of the molecule is CNC(=O)NC(=O)CCN1CCNC(C)C1. The summed E-state index contributed by atoms with van der Waals surface area (Å²) in [5, 5.41) is 7.93. The number of hydrogen-bond donors (Lipinski definition) is 3. The third kappa shape index (κ3) is 4.59. The van der Waals surface area contributed by atoms with Crippen molar-refractivity contribution in [3.05, 3.63) is 0 Å². The summed E-state index contributed by atoms with van der Waals surface area (Å²) < 4.78 is 0. The largest absolute Gasteiger partial charge is 0.341 e. The van der Waals surface area contributed by atoms with Gasteiger partial charge in [-0.05, 0) is 6.92 Å². The molecule has 92 valence electrons. The Kier molecular flexibility index (Phi) is 5.21. The molecule has 16 heavy (non-hydrogen) atoms. The van der Waals surface area contributed by atoms with Gasteiger partial charge in [0.15, 0.2) is 0 Å². The standard InChI is InChI=1S/C10H20N4O2/c1-8-7-14(6-4-12-8)5-3-9(15)13-10(16)11-2/h8,12H,3-7H2,1-2H3,(H2,11,13,15,16). The van der Waals surface area contributed by atoms with Gasteiger partial charge in [0.2, 0.25) is 5.91 Å². The lowest BCUT2D eigenvalue weighted by Crippen LogP contribution is -2.50. The molecule has 0 radical (unpaired) electrons. The number of carbonyl (C=O) groups excluding carboxylic acids is 2. The zero-order valence-electron chi connectivity index (χ0n) is 9.88. The summed E-state index contributed by atoms with van der Waals surface area (Å²) in [4.78, 5) is 24.4. The van der Waals surface area contributed by atoms with E-state index >= 15 is 0 Å². The van der Waals surface area contributed by atoms with Gasteiger partial charge in [0, 0.05) is 45.7 Å². The van der Waals surface area contributed by atoms with Gasteiger partial charge in [-0.25, -0.2) is 4.79 Å². The molecule has 1 saturated heterocycles. The second-order valence-corrected chi connectivity index (χ2v) is 4.03. The molecule has 3 amide bonds. The normalized spacial score (nSPS) is 21.5. The fourth-order valence-electron chi connectivity index (χ4n) is 1.73. The molecule has 6 nitrogen and oxygen atoms in total. The lowest BCUT2D eigenvalue weighted by atomic mass is 10.2. The van der Waals surface area contributed by atoms with Crippen LogP contribution in [-0.4, -0.2) is 56.1 Å². The molecule has 1 rings (SSSR count). The fourth-order valence-corrected chi connectivity index (χ4v) is 1.73. The number of rotatable bonds is 3. The number of piperazine rings is 1. The molecule has 1 aliphatic heterocycles. The number of imide groups is 1. The Hall–Kier alpha value is -1.14. The number of nitrogens with one attached hydrogen (secondary N) is 3. The van der Waals surface area contributed by atoms with Gasteiger partial charge in [0.25, 0.3) is 0 Å². The maximum Gasteiger partial charge on any atom is 0.321 e. The smallest absolute Gasteiger partial charge is 0.321 e. The zero-order valence-corrected chi connectivity index (χ0v) is 9.88. The van der Waals surface area contributed by atoms with Gasteiger partial charge >= 0.3 is 6.03 Å². The minimum Gasteiger partial charge on any atom is -0.341 e. The Morgan fingerprint density at radius 1 is 1.50 bits per heavy atom. The van der Waals surface area contributed by atoms with Crippen LogP contribution in [0.5, 0.6) is 0 Å². The van der Waals surface area contributed by atoms with Crippen LogP contribution in [0, 0.1) is 0 Å². The van der Waals surface area contributed by atoms with E-state index in [9.17, 15) is 9.59 Å². The molecule has 1 heterocycles. The van der Waals surface area contributed by atoms with E-state index in [4.69, 9.17) is 0 Å². The van der Waals surface area contributed by atoms with Crippen LogP contribution < -0.4 is 16.0 Å². The first-order valence-corrected chi connectivity index (χ1v) is 5.59. The summed E-state index contributed by atoms with van der Waals surface area (Å²) in [5.41, 5.74) is 0. The van der Waals surface area contributed by atoms with E-state index in [0.717, 1.165) is 19.6 Å². The summed E-state index contributed by atoms with van der Waals surface area (Å²) >= 11 is 0. The number of nitrogens with zero attached hydrogens (tertiary/aromatic N) is 1. The first kappa shape index (κ1) is 12.9. The van der Waals surface area contributed by atoms with Gasteiger partial charge in [-0.2, -0.15) is 0 Å². The molecule has 0 spiro atoms. The summed E-state index contributed by atoms with van der Waals surface area (Å²) in [7, 11) is 1.49. The second kappa shape index (κ2) is 6.44. The molecule has 3 N–H and O–H groups in total. The third-order valence-electron chi connectivity index (χ3n) is 2.59. The van der Waals surface area contributed by atoms with Crippen LogP contribution in [0.15, 0.2) is 0 Å². The van der Waals surface area contributed by atoms with Crippen molar-refractivity contribution >= 4 is 11.9 Å². The molecule has 1 atom stereocenters. The number of carbonyl (C=O) groups is 2. The van der Waals surface area contributed by atoms with Crippen molar-refractivity contribution in [2.75, 3.05) is 33.2 Å². The van der Waals surface area contributed by atoms with Gasteiger partial charge in [-0.1, -0.05) is 0 Å². The molecule has 0 aliphatic carbocycles. The quantitative estimate of drug-likeness (QED) is 0.587. The highest BCUT2D eigenvalue weighted by Gasteiger charge is 2.16. The van der Waals surface area contributed by atoms with Crippen LogP contribution in [0.3, 0.4) is 0 Å². The molecule has 1 aliphatic rings. The predicted octanol–water partition coefficient (Wildman–Crippen LogP) is -0.874. The van der Waals surface area contributed by atoms with E-state index in [0.29, 0.717) is 19.0 Å². The number of hydrogen-bond acceptors (Lipinski definition) is 4. The fraction of sp³-hybridized carbons (Fsp3) is 0.800.